The minimum absolute atomic E-state index is 0. The summed E-state index contributed by atoms with van der Waals surface area (Å²) >= 11 is 0. The molecule has 0 unspecified atom stereocenters. The maximum absolute atomic E-state index is 6.94. The fourth-order valence-corrected chi connectivity index (χ4v) is 1.78. The van der Waals surface area contributed by atoms with Crippen molar-refractivity contribution < 1.29 is 21.7 Å². The van der Waals surface area contributed by atoms with Crippen molar-refractivity contribution in [3.05, 3.63) is 123 Å². The van der Waals surface area contributed by atoms with Gasteiger partial charge in [0.15, 0.2) is 0 Å². The van der Waals surface area contributed by atoms with Crippen LogP contribution in [-0.4, -0.2) is 11.0 Å². The van der Waals surface area contributed by atoms with E-state index in [0.717, 1.165) is 5.56 Å². The van der Waals surface area contributed by atoms with Gasteiger partial charge in [-0.2, -0.15) is 17.5 Å². The van der Waals surface area contributed by atoms with Gasteiger partial charge in [-0.3, -0.25) is 0 Å². The first-order valence-corrected chi connectivity index (χ1v) is 7.75. The summed E-state index contributed by atoms with van der Waals surface area (Å²) in [5.74, 6) is 0. The van der Waals surface area contributed by atoms with Gasteiger partial charge in [-0.25, -0.2) is 0 Å². The van der Waals surface area contributed by atoms with E-state index in [0.29, 0.717) is 6.54 Å². The molecule has 0 amide bonds. The zero-order chi connectivity index (χ0) is 16.9. The number of hydrogen-bond donors (Lipinski definition) is 0. The predicted octanol–water partition coefficient (Wildman–Crippen LogP) is 7.45. The fraction of sp³-hybridized carbons (Fsp3) is 0.125. The second-order valence-electron chi connectivity index (χ2n) is 5.05. The van der Waals surface area contributed by atoms with Crippen LogP contribution in [0.25, 0.3) is 16.5 Å². The van der Waals surface area contributed by atoms with Gasteiger partial charge in [-0.1, -0.05) is 66.3 Å². The van der Waals surface area contributed by atoms with Crippen LogP contribution in [0.1, 0.15) is 19.4 Å². The van der Waals surface area contributed by atoms with Gasteiger partial charge in [-0.05, 0) is 13.8 Å². The normalized spacial score (nSPS) is 8.63. The van der Waals surface area contributed by atoms with Crippen LogP contribution in [0.15, 0.2) is 97.1 Å². The van der Waals surface area contributed by atoms with Crippen LogP contribution in [0.3, 0.4) is 0 Å². The Kier molecular flexibility index (Phi) is 25.4. The van der Waals surface area contributed by atoms with E-state index in [4.69, 9.17) is 5.73 Å². The average molecular weight is 409 g/mol. The van der Waals surface area contributed by atoms with Crippen LogP contribution in [-0.2, 0) is 28.3 Å². The largest absolute Gasteiger partial charge is 4.00 e. The van der Waals surface area contributed by atoms with Gasteiger partial charge < -0.3 is 20.6 Å². The molecule has 0 aromatic heterocycles. The Balaban J connectivity index is -0.000000140. The molecule has 140 valence electrons. The summed E-state index contributed by atoms with van der Waals surface area (Å²) in [5, 5.41) is 2.66. The van der Waals surface area contributed by atoms with Gasteiger partial charge in [0, 0.05) is 11.0 Å². The van der Waals surface area contributed by atoms with E-state index < -0.39 is 0 Å². The summed E-state index contributed by atoms with van der Waals surface area (Å²) in [6.07, 6.45) is 3.85. The molecule has 0 saturated heterocycles. The Morgan fingerprint density at radius 2 is 1.56 bits per heavy atom. The quantitative estimate of drug-likeness (QED) is 0.238. The average Bonchev–Trinajstić information content (AvgIpc) is 3.11. The van der Waals surface area contributed by atoms with Crippen LogP contribution < -0.4 is 0 Å². The van der Waals surface area contributed by atoms with Crippen LogP contribution in [0, 0.1) is 14.9 Å². The molecule has 0 bridgehead atoms. The molecule has 4 radical (unpaired) electrons. The number of fused-ring (bicyclic) bond motifs is 1. The van der Waals surface area contributed by atoms with Crippen molar-refractivity contribution in [1.82, 2.24) is 0 Å². The minimum atomic E-state index is 0. The van der Waals surface area contributed by atoms with E-state index in [-0.39, 0.29) is 47.5 Å². The van der Waals surface area contributed by atoms with E-state index in [1.54, 1.807) is 0 Å². The SMILES string of the molecule is C=CC(C)=CC.[CH3-].[CH3-].[NH-]Cc1ccccc1.[Si].[Ti+4].c1ccc2[cH-]ccc2c1. The van der Waals surface area contributed by atoms with Gasteiger partial charge in [0.05, 0.1) is 0 Å². The molecule has 0 aliphatic carbocycles. The molecule has 0 spiro atoms. The van der Waals surface area contributed by atoms with Crippen LogP contribution in [0.2, 0.25) is 0 Å². The van der Waals surface area contributed by atoms with Crippen molar-refractivity contribution in [3.8, 4) is 0 Å². The Morgan fingerprint density at radius 3 is 1.96 bits per heavy atom. The molecule has 0 saturated carbocycles. The number of benzene rings is 2. The number of hydrogen-bond acceptors (Lipinski definition) is 0. The van der Waals surface area contributed by atoms with Crippen LogP contribution in [0.4, 0.5) is 0 Å². The fourth-order valence-electron chi connectivity index (χ4n) is 1.78. The zero-order valence-electron chi connectivity index (χ0n) is 17.0. The van der Waals surface area contributed by atoms with Gasteiger partial charge >= 0.3 is 21.7 Å². The molecule has 3 aromatic rings. The molecule has 0 fully saturated rings. The van der Waals surface area contributed by atoms with Gasteiger partial charge in [0.2, 0.25) is 0 Å². The summed E-state index contributed by atoms with van der Waals surface area (Å²) in [6, 6.07) is 24.4. The molecule has 3 heteroatoms. The monoisotopic (exact) mass is 409 g/mol. The topological polar surface area (TPSA) is 23.8 Å². The van der Waals surface area contributed by atoms with Crippen LogP contribution >= 0.6 is 0 Å². The summed E-state index contributed by atoms with van der Waals surface area (Å²) in [5.41, 5.74) is 9.25. The molecule has 0 aliphatic heterocycles. The van der Waals surface area contributed by atoms with E-state index in [2.05, 4.69) is 49.0 Å². The first-order chi connectivity index (χ1) is 11.2. The van der Waals surface area contributed by atoms with Gasteiger partial charge in [0.1, 0.15) is 0 Å². The molecule has 1 N–H and O–H groups in total. The second-order valence-corrected chi connectivity index (χ2v) is 5.05. The van der Waals surface area contributed by atoms with Crippen molar-refractivity contribution >= 4 is 21.7 Å². The summed E-state index contributed by atoms with van der Waals surface area (Å²) in [4.78, 5) is 0. The van der Waals surface area contributed by atoms with Gasteiger partial charge in [-0.15, -0.1) is 36.2 Å². The number of nitrogens with one attached hydrogen (secondary N) is 1. The first kappa shape index (κ1) is 33.0. The van der Waals surface area contributed by atoms with E-state index >= 15 is 0 Å². The second kappa shape index (κ2) is 20.7. The summed E-state index contributed by atoms with van der Waals surface area (Å²) in [6.45, 7) is 7.97. The first-order valence-electron chi connectivity index (χ1n) is 7.75. The molecule has 3 aromatic carbocycles. The van der Waals surface area contributed by atoms with E-state index in [1.807, 2.05) is 56.3 Å². The molecule has 27 heavy (non-hydrogen) atoms. The van der Waals surface area contributed by atoms with Crippen LogP contribution in [0.5, 0.6) is 0 Å². The molecule has 0 aliphatic rings. The third kappa shape index (κ3) is 14.2. The van der Waals surface area contributed by atoms with Crippen molar-refractivity contribution in [2.75, 3.05) is 0 Å². The number of allylic oxidation sites excluding steroid dienone is 3. The van der Waals surface area contributed by atoms with E-state index in [9.17, 15) is 0 Å². The summed E-state index contributed by atoms with van der Waals surface area (Å²) < 4.78 is 0. The molecular formula is C24H31NSiTi. The third-order valence-corrected chi connectivity index (χ3v) is 3.37. The maximum atomic E-state index is 6.94. The zero-order valence-corrected chi connectivity index (χ0v) is 19.6. The van der Waals surface area contributed by atoms with Crippen molar-refractivity contribution in [2.24, 2.45) is 0 Å². The van der Waals surface area contributed by atoms with Crippen molar-refractivity contribution in [1.29, 1.82) is 0 Å². The molecule has 3 rings (SSSR count). The van der Waals surface area contributed by atoms with Gasteiger partial charge in [0.25, 0.3) is 0 Å². The molecule has 0 heterocycles. The molecule has 1 nitrogen and oxygen atoms in total. The third-order valence-electron chi connectivity index (χ3n) is 3.37. The summed E-state index contributed by atoms with van der Waals surface area (Å²) in [7, 11) is 0. The smallest absolute Gasteiger partial charge is 0.674 e. The predicted molar refractivity (Wildman–Crippen MR) is 122 cm³/mol. The maximum Gasteiger partial charge on any atom is 4.00 e. The van der Waals surface area contributed by atoms with Crippen molar-refractivity contribution in [2.45, 2.75) is 20.4 Å². The Hall–Kier alpha value is -1.58. The Morgan fingerprint density at radius 1 is 1.00 bits per heavy atom. The van der Waals surface area contributed by atoms with E-state index in [1.165, 1.54) is 16.3 Å². The minimum Gasteiger partial charge on any atom is -0.674 e. The number of rotatable bonds is 2. The van der Waals surface area contributed by atoms with Crippen molar-refractivity contribution in [3.63, 3.8) is 0 Å². The Bertz CT molecular complexity index is 687. The molecular weight excluding hydrogens is 378 g/mol. The molecule has 0 atom stereocenters. The standard InChI is InChI=1S/C9H7.C7H8N.C6H10.2CH3.Si.Ti/c1-2-5-9-7-3-6-8(9)4-1;8-6-7-4-2-1-3-5-7;1-4-6(3)5-2;;;;/h1-7H;1-5,8H,6H2;4-5H,1H2,2-3H3;2*1H3;;/q2*-1;;2*-1;;+4. The Labute approximate surface area is 186 Å².